The van der Waals surface area contributed by atoms with Crippen LogP contribution in [-0.2, 0) is 10.9 Å². The van der Waals surface area contributed by atoms with E-state index in [4.69, 9.17) is 10.5 Å². The lowest BCUT2D eigenvalue weighted by Gasteiger charge is -2.17. The second-order valence-electron chi connectivity index (χ2n) is 6.23. The monoisotopic (exact) mass is 408 g/mol. The fourth-order valence-corrected chi connectivity index (χ4v) is 2.92. The third kappa shape index (κ3) is 4.74. The molecule has 0 aromatic heterocycles. The summed E-state index contributed by atoms with van der Waals surface area (Å²) < 4.78 is 43.0. The molecule has 0 saturated heterocycles. The number of rotatable bonds is 5. The molecule has 0 aliphatic carbocycles. The Morgan fingerprint density at radius 3 is 2.14 bits per heavy atom. The number of carbonyl (C=O) groups is 3. The number of hydrogen-bond acceptors (Lipinski definition) is 4. The van der Waals surface area contributed by atoms with Gasteiger partial charge in [-0.3, -0.25) is 9.59 Å². The number of hydrogen-bond donors (Lipinski definition) is 2. The van der Waals surface area contributed by atoms with Crippen molar-refractivity contribution in [2.75, 3.05) is 11.9 Å². The lowest BCUT2D eigenvalue weighted by atomic mass is 9.91. The largest absolute Gasteiger partial charge is 0.462 e. The summed E-state index contributed by atoms with van der Waals surface area (Å²) in [6.07, 6.45) is -4.51. The number of anilines is 1. The first-order valence-corrected chi connectivity index (χ1v) is 8.57. The molecule has 0 fully saturated rings. The van der Waals surface area contributed by atoms with Gasteiger partial charge in [0.2, 0.25) is 5.91 Å². The van der Waals surface area contributed by atoms with Crippen LogP contribution >= 0.6 is 0 Å². The molecule has 0 aliphatic rings. The number of alkyl halides is 3. The van der Waals surface area contributed by atoms with Crippen molar-refractivity contribution in [1.29, 1.82) is 0 Å². The van der Waals surface area contributed by atoms with Gasteiger partial charge in [-0.25, -0.2) is 4.79 Å². The van der Waals surface area contributed by atoms with E-state index < -0.39 is 29.5 Å². The molecule has 0 spiro atoms. The number of halogens is 3. The van der Waals surface area contributed by atoms with Crippen molar-refractivity contribution in [3.05, 3.63) is 63.7 Å². The van der Waals surface area contributed by atoms with Crippen molar-refractivity contribution in [1.82, 2.24) is 0 Å². The van der Waals surface area contributed by atoms with Gasteiger partial charge in [0, 0.05) is 5.69 Å². The molecule has 0 unspecified atom stereocenters. The molecule has 2 rings (SSSR count). The second-order valence-corrected chi connectivity index (χ2v) is 6.23. The quantitative estimate of drug-likeness (QED) is 0.734. The van der Waals surface area contributed by atoms with Crippen molar-refractivity contribution < 1.29 is 32.3 Å². The summed E-state index contributed by atoms with van der Waals surface area (Å²) in [6.45, 7) is 4.78. The van der Waals surface area contributed by atoms with E-state index in [9.17, 15) is 27.6 Å². The van der Waals surface area contributed by atoms with E-state index in [2.05, 4.69) is 5.32 Å². The van der Waals surface area contributed by atoms with Gasteiger partial charge in [-0.1, -0.05) is 0 Å². The van der Waals surface area contributed by atoms with Gasteiger partial charge in [0.05, 0.1) is 28.9 Å². The number of aryl methyl sites for hydroxylation is 1. The lowest BCUT2D eigenvalue weighted by Crippen LogP contribution is -2.24. The average Bonchev–Trinajstić information content (AvgIpc) is 2.60. The van der Waals surface area contributed by atoms with Crippen LogP contribution in [0.25, 0.3) is 0 Å². The van der Waals surface area contributed by atoms with E-state index in [0.717, 1.165) is 24.3 Å². The molecule has 6 nitrogen and oxygen atoms in total. The molecule has 3 N–H and O–H groups in total. The molecular weight excluding hydrogens is 389 g/mol. The Morgan fingerprint density at radius 1 is 1.07 bits per heavy atom. The van der Waals surface area contributed by atoms with Crippen LogP contribution in [-0.4, -0.2) is 24.4 Å². The highest BCUT2D eigenvalue weighted by atomic mass is 19.4. The van der Waals surface area contributed by atoms with Crippen LogP contribution in [0.15, 0.2) is 30.3 Å². The van der Waals surface area contributed by atoms with E-state index >= 15 is 0 Å². The Balaban J connectivity index is 2.48. The van der Waals surface area contributed by atoms with Crippen LogP contribution < -0.4 is 11.1 Å². The van der Waals surface area contributed by atoms with Crippen LogP contribution in [0.1, 0.15) is 54.7 Å². The number of primary amides is 1. The van der Waals surface area contributed by atoms with Crippen LogP contribution in [0.2, 0.25) is 0 Å². The predicted octanol–water partition coefficient (Wildman–Crippen LogP) is 3.85. The van der Waals surface area contributed by atoms with Crippen molar-refractivity contribution >= 4 is 23.5 Å². The maximum Gasteiger partial charge on any atom is 0.416 e. The Morgan fingerprint density at radius 2 is 1.66 bits per heavy atom. The Labute approximate surface area is 164 Å². The maximum absolute atomic E-state index is 12.8. The van der Waals surface area contributed by atoms with E-state index in [-0.39, 0.29) is 34.5 Å². The van der Waals surface area contributed by atoms with Crippen LogP contribution in [0, 0.1) is 13.8 Å². The summed E-state index contributed by atoms with van der Waals surface area (Å²) in [5, 5.41) is 2.42. The molecule has 0 aliphatic heterocycles. The Hall–Kier alpha value is -3.36. The molecule has 29 heavy (non-hydrogen) atoms. The fourth-order valence-electron chi connectivity index (χ4n) is 2.92. The van der Waals surface area contributed by atoms with Crippen molar-refractivity contribution in [3.8, 4) is 0 Å². The van der Waals surface area contributed by atoms with E-state index in [1.165, 1.54) is 13.0 Å². The maximum atomic E-state index is 12.8. The number of benzene rings is 2. The first-order valence-electron chi connectivity index (χ1n) is 8.57. The highest BCUT2D eigenvalue weighted by Crippen LogP contribution is 2.30. The van der Waals surface area contributed by atoms with Gasteiger partial charge in [0.15, 0.2) is 0 Å². The van der Waals surface area contributed by atoms with E-state index in [1.807, 2.05) is 0 Å². The first-order chi connectivity index (χ1) is 13.5. The van der Waals surface area contributed by atoms with Gasteiger partial charge in [-0.15, -0.1) is 0 Å². The van der Waals surface area contributed by atoms with Gasteiger partial charge in [0.1, 0.15) is 0 Å². The minimum Gasteiger partial charge on any atom is -0.462 e. The van der Waals surface area contributed by atoms with Gasteiger partial charge in [-0.05, 0) is 62.2 Å². The van der Waals surface area contributed by atoms with Crippen molar-refractivity contribution in [2.24, 2.45) is 5.73 Å². The molecule has 0 saturated carbocycles. The normalized spacial score (nSPS) is 11.1. The zero-order chi connectivity index (χ0) is 21.9. The lowest BCUT2D eigenvalue weighted by molar-refractivity contribution is -0.137. The Kier molecular flexibility index (Phi) is 6.31. The fraction of sp³-hybridized carbons (Fsp3) is 0.250. The smallest absolute Gasteiger partial charge is 0.416 e. The molecule has 0 heterocycles. The van der Waals surface area contributed by atoms with Gasteiger partial charge >= 0.3 is 12.1 Å². The predicted molar refractivity (Wildman–Crippen MR) is 99.8 cm³/mol. The summed E-state index contributed by atoms with van der Waals surface area (Å²) in [5.41, 5.74) is 5.03. The standard InChI is InChI=1S/C20H19F3N2O4/c1-4-29-19(28)15-10(2)9-14(17(24)26)16(11(15)3)18(27)25-13-7-5-12(6-8-13)20(21,22)23/h5-9H,4H2,1-3H3,(H2,24,26)(H,25,27). The summed E-state index contributed by atoms with van der Waals surface area (Å²) >= 11 is 0. The van der Waals surface area contributed by atoms with Crippen molar-refractivity contribution in [2.45, 2.75) is 26.9 Å². The number of carbonyl (C=O) groups excluding carboxylic acids is 3. The number of ether oxygens (including phenoxy) is 1. The number of amides is 2. The summed E-state index contributed by atoms with van der Waals surface area (Å²) in [6, 6.07) is 5.11. The third-order valence-corrected chi connectivity index (χ3v) is 4.22. The highest BCUT2D eigenvalue weighted by Gasteiger charge is 2.30. The topological polar surface area (TPSA) is 98.5 Å². The summed E-state index contributed by atoms with van der Waals surface area (Å²) in [5.74, 6) is -2.34. The van der Waals surface area contributed by atoms with Crippen LogP contribution in [0.4, 0.5) is 18.9 Å². The van der Waals surface area contributed by atoms with Gasteiger partial charge in [-0.2, -0.15) is 13.2 Å². The van der Waals surface area contributed by atoms with Gasteiger partial charge < -0.3 is 15.8 Å². The molecule has 2 amide bonds. The third-order valence-electron chi connectivity index (χ3n) is 4.22. The second kappa shape index (κ2) is 8.34. The zero-order valence-electron chi connectivity index (χ0n) is 15.9. The van der Waals surface area contributed by atoms with Crippen LogP contribution in [0.5, 0.6) is 0 Å². The molecule has 154 valence electrons. The molecule has 0 atom stereocenters. The molecule has 0 bridgehead atoms. The van der Waals surface area contributed by atoms with Crippen LogP contribution in [0.3, 0.4) is 0 Å². The highest BCUT2D eigenvalue weighted by molar-refractivity contribution is 6.14. The Bertz CT molecular complexity index is 967. The zero-order valence-corrected chi connectivity index (χ0v) is 15.9. The molecule has 2 aromatic carbocycles. The summed E-state index contributed by atoms with van der Waals surface area (Å²) in [4.78, 5) is 36.9. The van der Waals surface area contributed by atoms with E-state index in [1.54, 1.807) is 13.8 Å². The minimum absolute atomic E-state index is 0.0797. The van der Waals surface area contributed by atoms with E-state index in [0.29, 0.717) is 5.56 Å². The molecule has 0 radical (unpaired) electrons. The minimum atomic E-state index is -4.51. The number of nitrogens with two attached hydrogens (primary N) is 1. The molecule has 2 aromatic rings. The average molecular weight is 408 g/mol. The SMILES string of the molecule is CCOC(=O)c1c(C)cc(C(N)=O)c(C(=O)Nc2ccc(C(F)(F)F)cc2)c1C. The molecule has 9 heteroatoms. The summed E-state index contributed by atoms with van der Waals surface area (Å²) in [7, 11) is 0. The molecular formula is C20H19F3N2O4. The van der Waals surface area contributed by atoms with Crippen molar-refractivity contribution in [3.63, 3.8) is 0 Å². The van der Waals surface area contributed by atoms with Gasteiger partial charge in [0.25, 0.3) is 5.91 Å². The number of nitrogens with one attached hydrogen (secondary N) is 1. The number of esters is 1. The first kappa shape index (κ1) is 21.9.